The van der Waals surface area contributed by atoms with Gasteiger partial charge in [-0.05, 0) is 44.6 Å². The number of esters is 1. The maximum Gasteiger partial charge on any atom is 0.322 e. The number of rotatable bonds is 33. The van der Waals surface area contributed by atoms with E-state index >= 15 is 0 Å². The summed E-state index contributed by atoms with van der Waals surface area (Å²) in [5.74, 6) is -1.32. The van der Waals surface area contributed by atoms with E-state index < -0.39 is 5.97 Å². The molecule has 0 aliphatic heterocycles. The zero-order valence-electron chi connectivity index (χ0n) is 28.3. The summed E-state index contributed by atoms with van der Waals surface area (Å²) in [7, 11) is 0. The zero-order chi connectivity index (χ0) is 31.6. The summed E-state index contributed by atoms with van der Waals surface area (Å²) in [6.45, 7) is 4.17. The number of carboxylic acids is 1. The number of amides is 1. The van der Waals surface area contributed by atoms with Gasteiger partial charge in [0.15, 0.2) is 0 Å². The molecule has 43 heavy (non-hydrogen) atoms. The Bertz CT molecular complexity index is 678. The van der Waals surface area contributed by atoms with Crippen molar-refractivity contribution in [2.45, 2.75) is 200 Å². The van der Waals surface area contributed by atoms with Crippen molar-refractivity contribution in [2.75, 3.05) is 6.54 Å². The van der Waals surface area contributed by atoms with Crippen LogP contribution < -0.4 is 5.32 Å². The fourth-order valence-corrected chi connectivity index (χ4v) is 5.42. The van der Waals surface area contributed by atoms with E-state index in [0.717, 1.165) is 51.4 Å². The third-order valence-corrected chi connectivity index (χ3v) is 8.17. The Morgan fingerprint density at radius 3 is 1.56 bits per heavy atom. The molecule has 0 aromatic rings. The first-order valence-electron chi connectivity index (χ1n) is 18.3. The third kappa shape index (κ3) is 32.9. The molecule has 6 nitrogen and oxygen atoms in total. The van der Waals surface area contributed by atoms with Gasteiger partial charge in [-0.25, -0.2) is 0 Å². The average Bonchev–Trinajstić information content (AvgIpc) is 2.99. The number of hydrogen-bond acceptors (Lipinski definition) is 4. The van der Waals surface area contributed by atoms with Crippen molar-refractivity contribution in [2.24, 2.45) is 0 Å². The first-order chi connectivity index (χ1) is 21.0. The fraction of sp³-hybridized carbons (Fsp3) is 0.865. The predicted octanol–water partition coefficient (Wildman–Crippen LogP) is 10.6. The van der Waals surface area contributed by atoms with Crippen LogP contribution in [0.4, 0.5) is 0 Å². The molecule has 0 aliphatic rings. The number of unbranched alkanes of at least 4 members (excludes halogenated alkanes) is 22. The molecule has 0 aromatic heterocycles. The summed E-state index contributed by atoms with van der Waals surface area (Å²) >= 11 is 0. The van der Waals surface area contributed by atoms with Crippen LogP contribution in [0.3, 0.4) is 0 Å². The van der Waals surface area contributed by atoms with Gasteiger partial charge in [0, 0.05) is 12.8 Å². The van der Waals surface area contributed by atoms with Crippen molar-refractivity contribution in [3.05, 3.63) is 12.2 Å². The minimum absolute atomic E-state index is 0.0823. The van der Waals surface area contributed by atoms with Crippen molar-refractivity contribution in [3.8, 4) is 0 Å². The molecule has 0 radical (unpaired) electrons. The first kappa shape index (κ1) is 41.1. The van der Waals surface area contributed by atoms with Crippen LogP contribution in [0.25, 0.3) is 0 Å². The minimum Gasteiger partial charge on any atom is -0.480 e. The molecule has 1 unspecified atom stereocenters. The highest BCUT2D eigenvalue weighted by molar-refractivity contribution is 5.80. The quantitative estimate of drug-likeness (QED) is 0.0440. The molecular formula is C37H69NO5. The highest BCUT2D eigenvalue weighted by Crippen LogP contribution is 2.16. The van der Waals surface area contributed by atoms with Crippen molar-refractivity contribution < 1.29 is 24.2 Å². The molecule has 0 saturated carbocycles. The van der Waals surface area contributed by atoms with Gasteiger partial charge in [-0.3, -0.25) is 14.4 Å². The molecule has 0 heterocycles. The van der Waals surface area contributed by atoms with Gasteiger partial charge in [-0.15, -0.1) is 0 Å². The van der Waals surface area contributed by atoms with Gasteiger partial charge >= 0.3 is 11.9 Å². The molecule has 0 rings (SSSR count). The Kier molecular flexibility index (Phi) is 31.6. The first-order valence-corrected chi connectivity index (χ1v) is 18.3. The van der Waals surface area contributed by atoms with E-state index in [1.807, 2.05) is 0 Å². The van der Waals surface area contributed by atoms with Crippen LogP contribution in [0, 0.1) is 0 Å². The number of aliphatic carboxylic acids is 1. The molecule has 6 heteroatoms. The standard InChI is InChI=1S/C37H69NO5/c1-3-5-7-9-11-12-13-14-15-16-17-18-19-20-22-28-32-37(42)43-34(29-25-21-10-8-6-4-2)30-26-23-24-27-31-35(39)38-33-36(40)41/h25,29,34H,3-24,26-28,30-33H2,1-2H3,(H,38,39)(H,40,41)/b29-25-. The minimum atomic E-state index is -1.03. The SMILES string of the molecule is CCCCCC/C=C\C(CCCCCCC(=O)NCC(=O)O)OC(=O)CCCCCCCCCCCCCCCCCC. The lowest BCUT2D eigenvalue weighted by Crippen LogP contribution is -2.28. The van der Waals surface area contributed by atoms with Gasteiger partial charge in [-0.1, -0.05) is 148 Å². The number of hydrogen-bond donors (Lipinski definition) is 2. The number of carbonyl (C=O) groups excluding carboxylic acids is 2. The van der Waals surface area contributed by atoms with Crippen LogP contribution in [-0.2, 0) is 19.1 Å². The Morgan fingerprint density at radius 2 is 1.05 bits per heavy atom. The summed E-state index contributed by atoms with van der Waals surface area (Å²) < 4.78 is 5.86. The van der Waals surface area contributed by atoms with Crippen LogP contribution >= 0.6 is 0 Å². The third-order valence-electron chi connectivity index (χ3n) is 8.17. The van der Waals surface area contributed by atoms with E-state index in [1.165, 1.54) is 116 Å². The normalized spacial score (nSPS) is 12.0. The molecule has 0 aromatic carbocycles. The van der Waals surface area contributed by atoms with Crippen LogP contribution in [0.5, 0.6) is 0 Å². The van der Waals surface area contributed by atoms with Crippen LogP contribution in [0.1, 0.15) is 194 Å². The Hall–Kier alpha value is -1.85. The second kappa shape index (κ2) is 33.1. The topological polar surface area (TPSA) is 92.7 Å². The van der Waals surface area contributed by atoms with E-state index in [2.05, 4.69) is 31.3 Å². The van der Waals surface area contributed by atoms with Crippen molar-refractivity contribution in [1.82, 2.24) is 5.32 Å². The Balaban J connectivity index is 3.98. The van der Waals surface area contributed by atoms with Gasteiger partial charge in [-0.2, -0.15) is 0 Å². The fourth-order valence-electron chi connectivity index (χ4n) is 5.42. The van der Waals surface area contributed by atoms with Gasteiger partial charge in [0.05, 0.1) is 0 Å². The molecule has 0 fully saturated rings. The summed E-state index contributed by atoms with van der Waals surface area (Å²) in [6.07, 6.45) is 36.4. The molecule has 1 atom stereocenters. The molecular weight excluding hydrogens is 538 g/mol. The van der Waals surface area contributed by atoms with E-state index in [0.29, 0.717) is 12.8 Å². The second-order valence-corrected chi connectivity index (χ2v) is 12.5. The number of ether oxygens (including phenoxy) is 1. The molecule has 252 valence electrons. The maximum absolute atomic E-state index is 12.6. The molecule has 0 saturated heterocycles. The number of allylic oxidation sites excluding steroid dienone is 1. The molecule has 2 N–H and O–H groups in total. The van der Waals surface area contributed by atoms with Gasteiger partial charge < -0.3 is 15.2 Å². The van der Waals surface area contributed by atoms with Gasteiger partial charge in [0.1, 0.15) is 12.6 Å². The molecule has 0 spiro atoms. The highest BCUT2D eigenvalue weighted by Gasteiger charge is 2.12. The van der Waals surface area contributed by atoms with E-state index in [-0.39, 0.29) is 24.5 Å². The van der Waals surface area contributed by atoms with Crippen molar-refractivity contribution in [3.63, 3.8) is 0 Å². The van der Waals surface area contributed by atoms with E-state index in [1.54, 1.807) is 0 Å². The second-order valence-electron chi connectivity index (χ2n) is 12.5. The van der Waals surface area contributed by atoms with Crippen molar-refractivity contribution >= 4 is 17.8 Å². The highest BCUT2D eigenvalue weighted by atomic mass is 16.5. The number of carboxylic acid groups (broad SMARTS) is 1. The monoisotopic (exact) mass is 608 g/mol. The smallest absolute Gasteiger partial charge is 0.322 e. The molecule has 0 aliphatic carbocycles. The Labute approximate surface area is 265 Å². The van der Waals surface area contributed by atoms with Crippen LogP contribution in [-0.4, -0.2) is 35.6 Å². The molecule has 0 bridgehead atoms. The molecule has 1 amide bonds. The summed E-state index contributed by atoms with van der Waals surface area (Å²) in [4.78, 5) is 34.7. The number of carbonyl (C=O) groups is 3. The zero-order valence-corrected chi connectivity index (χ0v) is 28.3. The van der Waals surface area contributed by atoms with Crippen LogP contribution in [0.15, 0.2) is 12.2 Å². The predicted molar refractivity (Wildman–Crippen MR) is 180 cm³/mol. The average molecular weight is 608 g/mol. The van der Waals surface area contributed by atoms with Crippen LogP contribution in [0.2, 0.25) is 0 Å². The summed E-state index contributed by atoms with van der Waals surface area (Å²) in [6, 6.07) is 0. The Morgan fingerprint density at radius 1 is 0.605 bits per heavy atom. The van der Waals surface area contributed by atoms with Crippen molar-refractivity contribution in [1.29, 1.82) is 0 Å². The lowest BCUT2D eigenvalue weighted by Gasteiger charge is -2.15. The lowest BCUT2D eigenvalue weighted by molar-refractivity contribution is -0.147. The van der Waals surface area contributed by atoms with Gasteiger partial charge in [0.25, 0.3) is 0 Å². The number of nitrogens with one attached hydrogen (secondary N) is 1. The summed E-state index contributed by atoms with van der Waals surface area (Å²) in [5.41, 5.74) is 0. The maximum atomic E-state index is 12.6. The van der Waals surface area contributed by atoms with E-state index in [4.69, 9.17) is 9.84 Å². The van der Waals surface area contributed by atoms with E-state index in [9.17, 15) is 14.4 Å². The lowest BCUT2D eigenvalue weighted by atomic mass is 10.0. The van der Waals surface area contributed by atoms with Gasteiger partial charge in [0.2, 0.25) is 5.91 Å². The largest absolute Gasteiger partial charge is 0.480 e. The summed E-state index contributed by atoms with van der Waals surface area (Å²) in [5, 5.41) is 11.0.